The number of carbonyl (C=O) groups excluding carboxylic acids is 1. The van der Waals surface area contributed by atoms with E-state index in [0.29, 0.717) is 19.0 Å². The van der Waals surface area contributed by atoms with E-state index in [1.54, 1.807) is 0 Å². The lowest BCUT2D eigenvalue weighted by Crippen LogP contribution is -2.42. The Morgan fingerprint density at radius 3 is 2.53 bits per heavy atom. The molecule has 4 N–H and O–H groups in total. The Morgan fingerprint density at radius 2 is 1.93 bits per heavy atom. The molecule has 1 amide bonds. The number of nitrogens with one attached hydrogen (secondary N) is 2. The number of ether oxygens (including phenoxy) is 1. The summed E-state index contributed by atoms with van der Waals surface area (Å²) in [5.74, 6) is -2.39. The first-order valence-electron chi connectivity index (χ1n) is 9.39. The Morgan fingerprint density at radius 1 is 1.27 bits per heavy atom. The number of methoxy groups -OCH3 is 1. The summed E-state index contributed by atoms with van der Waals surface area (Å²) in [6, 6.07) is 2.61. The minimum absolute atomic E-state index is 0.0525. The van der Waals surface area contributed by atoms with E-state index in [2.05, 4.69) is 10.3 Å². The zero-order valence-corrected chi connectivity index (χ0v) is 16.8. The zero-order chi connectivity index (χ0) is 22.3. The molecule has 0 bridgehead atoms. The van der Waals surface area contributed by atoms with Crippen LogP contribution in [0.25, 0.3) is 0 Å². The minimum atomic E-state index is -0.842. The lowest BCUT2D eigenvalue weighted by Gasteiger charge is -2.25. The molecule has 0 saturated heterocycles. The van der Waals surface area contributed by atoms with Crippen molar-refractivity contribution in [2.24, 2.45) is 0 Å². The van der Waals surface area contributed by atoms with Crippen molar-refractivity contribution in [2.45, 2.75) is 26.3 Å². The van der Waals surface area contributed by atoms with E-state index in [4.69, 9.17) is 10.5 Å². The number of halogens is 2. The largest absolute Gasteiger partial charge is 0.383 e. The number of hydrogen-bond donors (Lipinski definition) is 3. The van der Waals surface area contributed by atoms with Gasteiger partial charge in [0.25, 0.3) is 5.56 Å². The summed E-state index contributed by atoms with van der Waals surface area (Å²) in [7, 11) is 1.45. The number of benzene rings is 1. The number of hydrogen-bond acceptors (Lipinski definition) is 6. The summed E-state index contributed by atoms with van der Waals surface area (Å²) in [6.45, 7) is 2.16. The van der Waals surface area contributed by atoms with Crippen LogP contribution in [-0.2, 0) is 16.1 Å². The number of H-pyrrole nitrogens is 1. The smallest absolute Gasteiger partial charge is 0.330 e. The second-order valence-corrected chi connectivity index (χ2v) is 6.62. The zero-order valence-electron chi connectivity index (χ0n) is 16.8. The van der Waals surface area contributed by atoms with Crippen molar-refractivity contribution in [3.8, 4) is 0 Å². The molecular formula is C19H25F2N5O4. The van der Waals surface area contributed by atoms with Crippen LogP contribution in [0.4, 0.5) is 26.0 Å². The van der Waals surface area contributed by atoms with Gasteiger partial charge in [-0.05, 0) is 18.6 Å². The molecule has 30 heavy (non-hydrogen) atoms. The predicted octanol–water partition coefficient (Wildman–Crippen LogP) is 1.29. The molecule has 1 heterocycles. The number of aromatic nitrogens is 2. The SMILES string of the molecule is CCCCn1c(N)c(N(CCOC)CC(=O)Nc2cc(F)cc(F)c2)c(=O)[nH]c1=O. The predicted molar refractivity (Wildman–Crippen MR) is 110 cm³/mol. The van der Waals surface area contributed by atoms with E-state index in [0.717, 1.165) is 18.6 Å². The van der Waals surface area contributed by atoms with Crippen LogP contribution in [0.1, 0.15) is 19.8 Å². The fourth-order valence-corrected chi connectivity index (χ4v) is 2.89. The molecule has 0 spiro atoms. The Kier molecular flexibility index (Phi) is 8.10. The van der Waals surface area contributed by atoms with Gasteiger partial charge in [0.2, 0.25) is 5.91 Å². The molecule has 0 saturated carbocycles. The standard InChI is InChI=1S/C19H25F2N5O4/c1-3-4-5-26-17(22)16(18(28)24-19(26)29)25(6-7-30-2)11-15(27)23-14-9-12(20)8-13(21)10-14/h8-10H,3-7,11,22H2,1-2H3,(H,23,27)(H,24,28,29). The Hall–Kier alpha value is -3.21. The normalized spacial score (nSPS) is 10.8. The highest BCUT2D eigenvalue weighted by Gasteiger charge is 2.21. The maximum atomic E-state index is 13.3. The van der Waals surface area contributed by atoms with Gasteiger partial charge in [-0.25, -0.2) is 13.6 Å². The van der Waals surface area contributed by atoms with Crippen LogP contribution < -0.4 is 27.2 Å². The number of unbranched alkanes of at least 4 members (excludes halogenated alkanes) is 1. The first-order chi connectivity index (χ1) is 14.3. The van der Waals surface area contributed by atoms with Gasteiger partial charge in [-0.1, -0.05) is 13.3 Å². The van der Waals surface area contributed by atoms with Gasteiger partial charge in [0.05, 0.1) is 13.2 Å². The molecule has 0 unspecified atom stereocenters. The number of amides is 1. The monoisotopic (exact) mass is 425 g/mol. The van der Waals surface area contributed by atoms with Gasteiger partial charge in [-0.2, -0.15) is 0 Å². The van der Waals surface area contributed by atoms with Gasteiger partial charge >= 0.3 is 5.69 Å². The van der Waals surface area contributed by atoms with Gasteiger partial charge < -0.3 is 20.7 Å². The van der Waals surface area contributed by atoms with Gasteiger partial charge in [-0.15, -0.1) is 0 Å². The summed E-state index contributed by atoms with van der Waals surface area (Å²) < 4.78 is 33.0. The molecule has 0 aliphatic carbocycles. The van der Waals surface area contributed by atoms with Crippen LogP contribution in [-0.4, -0.2) is 42.3 Å². The number of nitrogen functional groups attached to an aromatic ring is 1. The van der Waals surface area contributed by atoms with Gasteiger partial charge in [0.15, 0.2) is 0 Å². The molecular weight excluding hydrogens is 400 g/mol. The second kappa shape index (κ2) is 10.5. The van der Waals surface area contributed by atoms with Crippen molar-refractivity contribution >= 4 is 23.1 Å². The van der Waals surface area contributed by atoms with Crippen LogP contribution in [0.2, 0.25) is 0 Å². The van der Waals surface area contributed by atoms with Crippen LogP contribution in [0.5, 0.6) is 0 Å². The number of nitrogens with zero attached hydrogens (tertiary/aromatic N) is 2. The van der Waals surface area contributed by atoms with Crippen LogP contribution in [0.3, 0.4) is 0 Å². The van der Waals surface area contributed by atoms with E-state index >= 15 is 0 Å². The lowest BCUT2D eigenvalue weighted by atomic mass is 10.3. The Balaban J connectivity index is 2.34. The molecule has 0 fully saturated rings. The third-order valence-corrected chi connectivity index (χ3v) is 4.31. The van der Waals surface area contributed by atoms with Gasteiger partial charge in [0, 0.05) is 32.0 Å². The highest BCUT2D eigenvalue weighted by Crippen LogP contribution is 2.18. The van der Waals surface area contributed by atoms with E-state index in [1.165, 1.54) is 16.6 Å². The Bertz CT molecular complexity index is 985. The van der Waals surface area contributed by atoms with Crippen LogP contribution >= 0.6 is 0 Å². The first-order valence-corrected chi connectivity index (χ1v) is 9.39. The molecule has 0 atom stereocenters. The molecule has 2 aromatic rings. The molecule has 1 aromatic carbocycles. The molecule has 0 aliphatic heterocycles. The summed E-state index contributed by atoms with van der Waals surface area (Å²) in [5, 5.41) is 2.38. The summed E-state index contributed by atoms with van der Waals surface area (Å²) in [6.07, 6.45) is 1.47. The quantitative estimate of drug-likeness (QED) is 0.527. The third-order valence-electron chi connectivity index (χ3n) is 4.31. The summed E-state index contributed by atoms with van der Waals surface area (Å²) >= 11 is 0. The number of carbonyl (C=O) groups is 1. The number of anilines is 3. The fourth-order valence-electron chi connectivity index (χ4n) is 2.89. The topological polar surface area (TPSA) is 122 Å². The molecule has 9 nitrogen and oxygen atoms in total. The van der Waals surface area contributed by atoms with E-state index in [9.17, 15) is 23.2 Å². The number of aromatic amines is 1. The minimum Gasteiger partial charge on any atom is -0.383 e. The van der Waals surface area contributed by atoms with Crippen molar-refractivity contribution in [1.82, 2.24) is 9.55 Å². The number of nitrogens with two attached hydrogens (primary N) is 1. The highest BCUT2D eigenvalue weighted by molar-refractivity contribution is 5.94. The number of rotatable bonds is 10. The maximum Gasteiger partial charge on any atom is 0.330 e. The molecule has 1 aromatic heterocycles. The fraction of sp³-hybridized carbons (Fsp3) is 0.421. The van der Waals surface area contributed by atoms with Gasteiger partial charge in [0.1, 0.15) is 23.1 Å². The van der Waals surface area contributed by atoms with Gasteiger partial charge in [-0.3, -0.25) is 19.1 Å². The molecule has 11 heteroatoms. The molecule has 164 valence electrons. The first kappa shape index (κ1) is 23.1. The van der Waals surface area contributed by atoms with E-state index in [1.807, 2.05) is 6.92 Å². The maximum absolute atomic E-state index is 13.3. The summed E-state index contributed by atoms with van der Waals surface area (Å²) in [4.78, 5) is 40.6. The van der Waals surface area contributed by atoms with Crippen molar-refractivity contribution < 1.29 is 18.3 Å². The van der Waals surface area contributed by atoms with Crippen molar-refractivity contribution in [2.75, 3.05) is 42.8 Å². The molecule has 0 radical (unpaired) electrons. The van der Waals surface area contributed by atoms with Crippen molar-refractivity contribution in [3.05, 3.63) is 50.7 Å². The summed E-state index contributed by atoms with van der Waals surface area (Å²) in [5.41, 5.74) is 4.59. The lowest BCUT2D eigenvalue weighted by molar-refractivity contribution is -0.115. The highest BCUT2D eigenvalue weighted by atomic mass is 19.1. The van der Waals surface area contributed by atoms with E-state index in [-0.39, 0.29) is 36.9 Å². The Labute approximate surface area is 171 Å². The average Bonchev–Trinajstić information content (AvgIpc) is 2.64. The molecule has 2 rings (SSSR count). The van der Waals surface area contributed by atoms with E-state index < -0.39 is 28.8 Å². The van der Waals surface area contributed by atoms with Crippen LogP contribution in [0.15, 0.2) is 27.8 Å². The molecule has 0 aliphatic rings. The van der Waals surface area contributed by atoms with Crippen molar-refractivity contribution in [3.63, 3.8) is 0 Å². The van der Waals surface area contributed by atoms with Crippen molar-refractivity contribution in [1.29, 1.82) is 0 Å². The van der Waals surface area contributed by atoms with Crippen LogP contribution in [0, 0.1) is 11.6 Å². The average molecular weight is 425 g/mol. The second-order valence-electron chi connectivity index (χ2n) is 6.62. The third kappa shape index (κ3) is 5.89.